The average molecular weight is 244 g/mol. The van der Waals surface area contributed by atoms with Crippen LogP contribution in [-0.4, -0.2) is 7.11 Å². The molecule has 0 amide bonds. The average Bonchev–Trinajstić information content (AvgIpc) is 2.15. The highest BCUT2D eigenvalue weighted by Crippen LogP contribution is 2.33. The van der Waals surface area contributed by atoms with Crippen molar-refractivity contribution in [3.8, 4) is 5.75 Å². The predicted molar refractivity (Wildman–Crippen MR) is 71.4 cm³/mol. The monoisotopic (exact) mass is 243 g/mol. The predicted octanol–water partition coefficient (Wildman–Crippen LogP) is 3.47. The maximum Gasteiger partial charge on any atom is 0.119 e. The molecule has 0 saturated heterocycles. The highest BCUT2D eigenvalue weighted by Gasteiger charge is 2.23. The first-order valence-corrected chi connectivity index (χ1v) is 5.26. The molecule has 0 bridgehead atoms. The summed E-state index contributed by atoms with van der Waals surface area (Å²) < 4.78 is 5.17. The number of hydrogen-bond acceptors (Lipinski definition) is 2. The van der Waals surface area contributed by atoms with E-state index in [9.17, 15) is 0 Å². The molecule has 0 aliphatic rings. The highest BCUT2D eigenvalue weighted by atomic mass is 35.5. The van der Waals surface area contributed by atoms with Crippen LogP contribution in [0.2, 0.25) is 0 Å². The van der Waals surface area contributed by atoms with Crippen LogP contribution in [0.1, 0.15) is 37.9 Å². The molecule has 3 heteroatoms. The molecule has 0 aliphatic carbocycles. The van der Waals surface area contributed by atoms with Crippen molar-refractivity contribution in [3.63, 3.8) is 0 Å². The summed E-state index contributed by atoms with van der Waals surface area (Å²) in [5.74, 6) is 0.886. The van der Waals surface area contributed by atoms with E-state index < -0.39 is 0 Å². The third kappa shape index (κ3) is 3.39. The zero-order valence-electron chi connectivity index (χ0n) is 10.7. The number of methoxy groups -OCH3 is 1. The molecular formula is C13H22ClNO. The second-order valence-electron chi connectivity index (χ2n) is 5.07. The van der Waals surface area contributed by atoms with Gasteiger partial charge in [-0.1, -0.05) is 26.8 Å². The maximum atomic E-state index is 6.22. The summed E-state index contributed by atoms with van der Waals surface area (Å²) in [4.78, 5) is 0. The van der Waals surface area contributed by atoms with E-state index in [1.165, 1.54) is 11.1 Å². The maximum absolute atomic E-state index is 6.22. The van der Waals surface area contributed by atoms with Gasteiger partial charge < -0.3 is 10.5 Å². The Morgan fingerprint density at radius 1 is 1.25 bits per heavy atom. The SMILES string of the molecule is COc1ccc([C@@H](N)C(C)(C)C)c(C)c1.Cl. The number of halogens is 1. The molecule has 1 atom stereocenters. The van der Waals surface area contributed by atoms with Crippen LogP contribution in [0.15, 0.2) is 18.2 Å². The van der Waals surface area contributed by atoms with E-state index in [1.54, 1.807) is 7.11 Å². The van der Waals surface area contributed by atoms with E-state index in [0.29, 0.717) is 0 Å². The lowest BCUT2D eigenvalue weighted by molar-refractivity contribution is 0.325. The van der Waals surface area contributed by atoms with Gasteiger partial charge in [-0.15, -0.1) is 12.4 Å². The van der Waals surface area contributed by atoms with E-state index in [2.05, 4.69) is 33.8 Å². The summed E-state index contributed by atoms with van der Waals surface area (Å²) in [5.41, 5.74) is 8.70. The van der Waals surface area contributed by atoms with Crippen molar-refractivity contribution >= 4 is 12.4 Å². The molecule has 1 rings (SSSR count). The Morgan fingerprint density at radius 2 is 1.81 bits per heavy atom. The molecule has 0 aliphatic heterocycles. The zero-order valence-corrected chi connectivity index (χ0v) is 11.5. The highest BCUT2D eigenvalue weighted by molar-refractivity contribution is 5.85. The molecule has 0 fully saturated rings. The Hall–Kier alpha value is -0.730. The summed E-state index contributed by atoms with van der Waals surface area (Å²) in [7, 11) is 1.68. The fraction of sp³-hybridized carbons (Fsp3) is 0.538. The minimum absolute atomic E-state index is 0. The second-order valence-corrected chi connectivity index (χ2v) is 5.07. The standard InChI is InChI=1S/C13H21NO.ClH/c1-9-8-10(15-5)6-7-11(9)12(14)13(2,3)4;/h6-8,12H,14H2,1-5H3;1H/t12-;/m1./s1. The fourth-order valence-corrected chi connectivity index (χ4v) is 1.59. The fourth-order valence-electron chi connectivity index (χ4n) is 1.59. The Labute approximate surface area is 105 Å². The summed E-state index contributed by atoms with van der Waals surface area (Å²) in [6.07, 6.45) is 0. The first-order valence-electron chi connectivity index (χ1n) is 5.26. The van der Waals surface area contributed by atoms with Gasteiger partial charge in [0, 0.05) is 6.04 Å². The van der Waals surface area contributed by atoms with Crippen molar-refractivity contribution in [1.29, 1.82) is 0 Å². The van der Waals surface area contributed by atoms with Crippen LogP contribution in [-0.2, 0) is 0 Å². The van der Waals surface area contributed by atoms with Gasteiger partial charge in [0.2, 0.25) is 0 Å². The summed E-state index contributed by atoms with van der Waals surface area (Å²) in [6, 6.07) is 6.11. The van der Waals surface area contributed by atoms with Crippen LogP contribution in [0.3, 0.4) is 0 Å². The molecule has 1 aromatic carbocycles. The van der Waals surface area contributed by atoms with Crippen LogP contribution in [0.25, 0.3) is 0 Å². The van der Waals surface area contributed by atoms with Gasteiger partial charge >= 0.3 is 0 Å². The van der Waals surface area contributed by atoms with Gasteiger partial charge in [-0.25, -0.2) is 0 Å². The molecule has 0 spiro atoms. The molecule has 0 aromatic heterocycles. The molecule has 92 valence electrons. The minimum Gasteiger partial charge on any atom is -0.497 e. The van der Waals surface area contributed by atoms with E-state index in [1.807, 2.05) is 12.1 Å². The molecule has 1 aromatic rings. The lowest BCUT2D eigenvalue weighted by Gasteiger charge is -2.28. The van der Waals surface area contributed by atoms with Gasteiger partial charge in [-0.2, -0.15) is 0 Å². The van der Waals surface area contributed by atoms with Crippen LogP contribution in [0, 0.1) is 12.3 Å². The number of rotatable bonds is 2. The van der Waals surface area contributed by atoms with Gasteiger partial charge in [-0.3, -0.25) is 0 Å². The number of hydrogen-bond donors (Lipinski definition) is 1. The van der Waals surface area contributed by atoms with E-state index in [0.717, 1.165) is 5.75 Å². The number of ether oxygens (including phenoxy) is 1. The molecule has 0 unspecified atom stereocenters. The Bertz CT molecular complexity index is 344. The first kappa shape index (κ1) is 15.3. The number of nitrogens with two attached hydrogens (primary N) is 1. The molecule has 16 heavy (non-hydrogen) atoms. The van der Waals surface area contributed by atoms with E-state index in [4.69, 9.17) is 10.5 Å². The summed E-state index contributed by atoms with van der Waals surface area (Å²) in [5, 5.41) is 0. The van der Waals surface area contributed by atoms with Gasteiger partial charge in [0.25, 0.3) is 0 Å². The molecular weight excluding hydrogens is 222 g/mol. The lowest BCUT2D eigenvalue weighted by Crippen LogP contribution is -2.26. The normalized spacial score (nSPS) is 12.9. The van der Waals surface area contributed by atoms with Crippen LogP contribution in [0.4, 0.5) is 0 Å². The van der Waals surface area contributed by atoms with Gasteiger partial charge in [-0.05, 0) is 35.6 Å². The van der Waals surface area contributed by atoms with Crippen molar-refractivity contribution in [2.24, 2.45) is 11.1 Å². The first-order chi connectivity index (χ1) is 6.86. The van der Waals surface area contributed by atoms with Gasteiger partial charge in [0.05, 0.1) is 7.11 Å². The van der Waals surface area contributed by atoms with Crippen molar-refractivity contribution < 1.29 is 4.74 Å². The molecule has 2 N–H and O–H groups in total. The van der Waals surface area contributed by atoms with Gasteiger partial charge in [0.15, 0.2) is 0 Å². The number of benzene rings is 1. The molecule has 0 heterocycles. The molecule has 2 nitrogen and oxygen atoms in total. The number of aryl methyl sites for hydroxylation is 1. The van der Waals surface area contributed by atoms with E-state index in [-0.39, 0.29) is 23.9 Å². The summed E-state index contributed by atoms with van der Waals surface area (Å²) >= 11 is 0. The van der Waals surface area contributed by atoms with Crippen LogP contribution >= 0.6 is 12.4 Å². The topological polar surface area (TPSA) is 35.2 Å². The van der Waals surface area contributed by atoms with E-state index >= 15 is 0 Å². The third-order valence-corrected chi connectivity index (χ3v) is 2.75. The minimum atomic E-state index is 0. The largest absolute Gasteiger partial charge is 0.497 e. The van der Waals surface area contributed by atoms with Crippen molar-refractivity contribution in [2.75, 3.05) is 7.11 Å². The van der Waals surface area contributed by atoms with Crippen molar-refractivity contribution in [3.05, 3.63) is 29.3 Å². The Balaban J connectivity index is 0.00000225. The molecule has 0 saturated carbocycles. The lowest BCUT2D eigenvalue weighted by atomic mass is 9.81. The zero-order chi connectivity index (χ0) is 11.6. The Morgan fingerprint density at radius 3 is 2.19 bits per heavy atom. The Kier molecular flexibility index (Phi) is 5.30. The smallest absolute Gasteiger partial charge is 0.119 e. The molecule has 0 radical (unpaired) electrons. The van der Waals surface area contributed by atoms with Crippen LogP contribution < -0.4 is 10.5 Å². The van der Waals surface area contributed by atoms with Crippen molar-refractivity contribution in [1.82, 2.24) is 0 Å². The third-order valence-electron chi connectivity index (χ3n) is 2.75. The summed E-state index contributed by atoms with van der Waals surface area (Å²) in [6.45, 7) is 8.54. The second kappa shape index (κ2) is 5.55. The van der Waals surface area contributed by atoms with Crippen molar-refractivity contribution in [2.45, 2.75) is 33.7 Å². The van der Waals surface area contributed by atoms with Crippen LogP contribution in [0.5, 0.6) is 5.75 Å². The quantitative estimate of drug-likeness (QED) is 0.863. The van der Waals surface area contributed by atoms with Gasteiger partial charge in [0.1, 0.15) is 5.75 Å².